The van der Waals surface area contributed by atoms with Gasteiger partial charge in [-0.05, 0) is 40.6 Å². The first kappa shape index (κ1) is 21.4. The van der Waals surface area contributed by atoms with Crippen LogP contribution in [-0.4, -0.2) is 57.8 Å². The molecule has 3 rings (SSSR count). The van der Waals surface area contributed by atoms with Gasteiger partial charge in [0.1, 0.15) is 5.75 Å². The lowest BCUT2D eigenvalue weighted by Gasteiger charge is -2.16. The highest BCUT2D eigenvalue weighted by atomic mass is 16.6. The van der Waals surface area contributed by atoms with E-state index in [1.807, 2.05) is 44.2 Å². The number of aliphatic hydroxyl groups excluding tert-OH is 1. The Morgan fingerprint density at radius 1 is 1.20 bits per heavy atom. The largest absolute Gasteiger partial charge is 0.412 e. The summed E-state index contributed by atoms with van der Waals surface area (Å²) in [4.78, 5) is 12.3. The Bertz CT molecular complexity index is 987. The molecule has 0 aliphatic carbocycles. The topological polar surface area (TPSA) is 111 Å². The van der Waals surface area contributed by atoms with Gasteiger partial charge in [0.25, 0.3) is 0 Å². The van der Waals surface area contributed by atoms with Crippen LogP contribution in [-0.2, 0) is 11.2 Å². The molecular formula is C21H25N5O4. The minimum Gasteiger partial charge on any atom is -0.410 e. The Morgan fingerprint density at radius 2 is 1.97 bits per heavy atom. The zero-order valence-electron chi connectivity index (χ0n) is 17.2. The number of amides is 1. The Balaban J connectivity index is 1.95. The molecule has 1 amide bonds. The molecule has 0 fully saturated rings. The molecule has 0 radical (unpaired) electrons. The van der Waals surface area contributed by atoms with E-state index in [-0.39, 0.29) is 13.2 Å². The van der Waals surface area contributed by atoms with E-state index in [1.165, 1.54) is 7.11 Å². The smallest absolute Gasteiger partial charge is 0.410 e. The van der Waals surface area contributed by atoms with Crippen molar-refractivity contribution < 1.29 is 19.4 Å². The van der Waals surface area contributed by atoms with E-state index >= 15 is 0 Å². The Morgan fingerprint density at radius 3 is 2.63 bits per heavy atom. The maximum atomic E-state index is 12.3. The van der Waals surface area contributed by atoms with Crippen LogP contribution in [0.4, 0.5) is 4.79 Å². The van der Waals surface area contributed by atoms with Crippen LogP contribution in [0.3, 0.4) is 0 Å². The van der Waals surface area contributed by atoms with Gasteiger partial charge >= 0.3 is 6.09 Å². The van der Waals surface area contributed by atoms with Crippen molar-refractivity contribution in [2.75, 3.05) is 20.3 Å². The number of hydrogen-bond acceptors (Lipinski definition) is 7. The zero-order chi connectivity index (χ0) is 21.5. The molecule has 9 heteroatoms. The number of aromatic nitrogens is 4. The molecule has 3 aromatic rings. The number of tetrazole rings is 1. The number of aliphatic hydroxyl groups is 1. The number of benzene rings is 2. The first-order valence-electron chi connectivity index (χ1n) is 9.62. The van der Waals surface area contributed by atoms with E-state index in [1.54, 1.807) is 16.8 Å². The number of nitrogens with zero attached hydrogens (tertiary/aromatic N) is 4. The highest BCUT2D eigenvalue weighted by Crippen LogP contribution is 2.28. The normalized spacial score (nSPS) is 11.9. The molecule has 1 heterocycles. The highest BCUT2D eigenvalue weighted by molar-refractivity contribution is 5.74. The molecule has 158 valence electrons. The van der Waals surface area contributed by atoms with Gasteiger partial charge in [0.05, 0.1) is 24.9 Å². The predicted molar refractivity (Wildman–Crippen MR) is 111 cm³/mol. The number of carbonyl (C=O) groups is 1. The summed E-state index contributed by atoms with van der Waals surface area (Å²) >= 11 is 0. The van der Waals surface area contributed by atoms with E-state index < -0.39 is 12.1 Å². The quantitative estimate of drug-likeness (QED) is 0.585. The average Bonchev–Trinajstić information content (AvgIpc) is 3.22. The van der Waals surface area contributed by atoms with Crippen LogP contribution < -0.4 is 10.1 Å². The van der Waals surface area contributed by atoms with Gasteiger partial charge in [0.2, 0.25) is 0 Å². The van der Waals surface area contributed by atoms with Crippen LogP contribution in [0.2, 0.25) is 0 Å². The number of hydrogen-bond donors (Lipinski definition) is 2. The van der Waals surface area contributed by atoms with E-state index in [9.17, 15) is 9.90 Å². The second kappa shape index (κ2) is 9.95. The molecule has 9 nitrogen and oxygen atoms in total. The Labute approximate surface area is 174 Å². The first-order chi connectivity index (χ1) is 14.5. The molecule has 1 atom stereocenters. The van der Waals surface area contributed by atoms with Crippen molar-refractivity contribution in [3.63, 3.8) is 0 Å². The second-order valence-electron chi connectivity index (χ2n) is 6.81. The number of rotatable bonds is 8. The minimum atomic E-state index is -0.689. The van der Waals surface area contributed by atoms with Crippen molar-refractivity contribution in [2.45, 2.75) is 26.3 Å². The third kappa shape index (κ3) is 5.19. The fourth-order valence-corrected chi connectivity index (χ4v) is 2.95. The van der Waals surface area contributed by atoms with Crippen molar-refractivity contribution >= 4 is 6.09 Å². The maximum Gasteiger partial charge on any atom is 0.412 e. The van der Waals surface area contributed by atoms with Gasteiger partial charge in [0.15, 0.2) is 5.82 Å². The Hall–Kier alpha value is -3.30. The zero-order valence-corrected chi connectivity index (χ0v) is 17.2. The summed E-state index contributed by atoms with van der Waals surface area (Å²) in [6, 6.07) is 12.9. The molecule has 0 spiro atoms. The molecule has 2 N–H and O–H groups in total. The fraction of sp³-hybridized carbons (Fsp3) is 0.333. The van der Waals surface area contributed by atoms with E-state index in [0.29, 0.717) is 23.7 Å². The lowest BCUT2D eigenvalue weighted by molar-refractivity contribution is 0.123. The van der Waals surface area contributed by atoms with Gasteiger partial charge in [0, 0.05) is 19.6 Å². The second-order valence-corrected chi connectivity index (χ2v) is 6.81. The summed E-state index contributed by atoms with van der Waals surface area (Å²) in [5.41, 5.74) is 3.64. The van der Waals surface area contributed by atoms with Gasteiger partial charge in [-0.15, -0.1) is 5.10 Å². The molecule has 0 aliphatic heterocycles. The van der Waals surface area contributed by atoms with Crippen molar-refractivity contribution in [1.29, 1.82) is 0 Å². The SMILES string of the molecule is CCc1nnnn1-c1cc(OC(=O)N[C@H](CO)COC)cc(-c2ccc(C)cc2)c1. The first-order valence-corrected chi connectivity index (χ1v) is 9.62. The highest BCUT2D eigenvalue weighted by Gasteiger charge is 2.15. The number of methoxy groups -OCH3 is 1. The minimum absolute atomic E-state index is 0.171. The van der Waals surface area contributed by atoms with Gasteiger partial charge in [-0.2, -0.15) is 4.68 Å². The van der Waals surface area contributed by atoms with Gasteiger partial charge in [-0.3, -0.25) is 0 Å². The summed E-state index contributed by atoms with van der Waals surface area (Å²) in [5, 5.41) is 23.7. The van der Waals surface area contributed by atoms with Crippen LogP contribution in [0.25, 0.3) is 16.8 Å². The standard InChI is InChI=1S/C21H25N5O4/c1-4-20-23-24-25-26(20)18-9-16(15-7-5-14(2)6-8-15)10-19(11-18)30-21(28)22-17(12-27)13-29-3/h5-11,17,27H,4,12-13H2,1-3H3,(H,22,28)/t17-/m1/s1. The van der Waals surface area contributed by atoms with Crippen LogP contribution in [0.1, 0.15) is 18.3 Å². The average molecular weight is 411 g/mol. The number of aryl methyl sites for hydroxylation is 2. The van der Waals surface area contributed by atoms with Crippen LogP contribution >= 0.6 is 0 Å². The lowest BCUT2D eigenvalue weighted by atomic mass is 10.0. The molecule has 0 saturated heterocycles. The van der Waals surface area contributed by atoms with Crippen molar-refractivity contribution in [3.8, 4) is 22.6 Å². The number of ether oxygens (including phenoxy) is 2. The van der Waals surface area contributed by atoms with Crippen molar-refractivity contribution in [1.82, 2.24) is 25.5 Å². The summed E-state index contributed by atoms with van der Waals surface area (Å²) in [6.45, 7) is 3.89. The molecule has 0 aliphatic rings. The summed E-state index contributed by atoms with van der Waals surface area (Å²) < 4.78 is 12.1. The summed E-state index contributed by atoms with van der Waals surface area (Å²) in [5.74, 6) is 1.01. The van der Waals surface area contributed by atoms with Crippen LogP contribution in [0.5, 0.6) is 5.75 Å². The van der Waals surface area contributed by atoms with E-state index in [0.717, 1.165) is 16.7 Å². The molecule has 1 aromatic heterocycles. The van der Waals surface area contributed by atoms with E-state index in [2.05, 4.69) is 20.8 Å². The third-order valence-electron chi connectivity index (χ3n) is 4.49. The molecule has 0 saturated carbocycles. The third-order valence-corrected chi connectivity index (χ3v) is 4.49. The monoisotopic (exact) mass is 411 g/mol. The van der Waals surface area contributed by atoms with Crippen LogP contribution in [0.15, 0.2) is 42.5 Å². The molecule has 0 bridgehead atoms. The number of carbonyl (C=O) groups excluding carboxylic acids is 1. The van der Waals surface area contributed by atoms with Gasteiger partial charge in [-0.25, -0.2) is 4.79 Å². The van der Waals surface area contributed by atoms with Gasteiger partial charge < -0.3 is 19.9 Å². The fourth-order valence-electron chi connectivity index (χ4n) is 2.95. The maximum absolute atomic E-state index is 12.3. The van der Waals surface area contributed by atoms with Crippen molar-refractivity contribution in [2.24, 2.45) is 0 Å². The summed E-state index contributed by atoms with van der Waals surface area (Å²) in [6.07, 6.45) is -0.0429. The van der Waals surface area contributed by atoms with Crippen molar-refractivity contribution in [3.05, 3.63) is 53.9 Å². The lowest BCUT2D eigenvalue weighted by Crippen LogP contribution is -2.42. The molecular weight excluding hydrogens is 386 g/mol. The van der Waals surface area contributed by atoms with E-state index in [4.69, 9.17) is 9.47 Å². The molecule has 30 heavy (non-hydrogen) atoms. The Kier molecular flexibility index (Phi) is 7.10. The molecule has 0 unspecified atom stereocenters. The van der Waals surface area contributed by atoms with Crippen LogP contribution in [0, 0.1) is 6.92 Å². The predicted octanol–water partition coefficient (Wildman–Crippen LogP) is 2.30. The van der Waals surface area contributed by atoms with Gasteiger partial charge in [-0.1, -0.05) is 36.8 Å². The number of nitrogens with one attached hydrogen (secondary N) is 1. The summed E-state index contributed by atoms with van der Waals surface area (Å²) in [7, 11) is 1.49. The molecule has 2 aromatic carbocycles.